The van der Waals surface area contributed by atoms with Gasteiger partial charge in [0.25, 0.3) is 0 Å². The van der Waals surface area contributed by atoms with Crippen LogP contribution in [0.4, 0.5) is 5.69 Å². The van der Waals surface area contributed by atoms with Gasteiger partial charge in [0.15, 0.2) is 0 Å². The van der Waals surface area contributed by atoms with Crippen molar-refractivity contribution < 1.29 is 17.9 Å². The number of para-hydroxylation sites is 1. The monoisotopic (exact) mass is 418 g/mol. The van der Waals surface area contributed by atoms with E-state index in [2.05, 4.69) is 5.32 Å². The van der Waals surface area contributed by atoms with Crippen molar-refractivity contribution in [3.63, 3.8) is 0 Å². The number of ether oxygens (including phenoxy) is 1. The van der Waals surface area contributed by atoms with E-state index in [1.807, 2.05) is 45.0 Å². The summed E-state index contributed by atoms with van der Waals surface area (Å²) in [6.07, 6.45) is 2.16. The second kappa shape index (κ2) is 9.78. The molecule has 0 aromatic heterocycles. The highest BCUT2D eigenvalue weighted by Gasteiger charge is 2.32. The molecule has 2 aromatic carbocycles. The molecule has 1 amide bonds. The quantitative estimate of drug-likeness (QED) is 0.672. The Morgan fingerprint density at radius 3 is 2.24 bits per heavy atom. The van der Waals surface area contributed by atoms with Crippen molar-refractivity contribution in [3.05, 3.63) is 59.7 Å². The van der Waals surface area contributed by atoms with E-state index >= 15 is 0 Å². The van der Waals surface area contributed by atoms with Crippen LogP contribution in [0, 0.1) is 6.92 Å². The minimum Gasteiger partial charge on any atom is -0.496 e. The smallest absolute Gasteiger partial charge is 0.244 e. The summed E-state index contributed by atoms with van der Waals surface area (Å²) in [6, 6.07) is 13.4. The number of sulfonamides is 1. The molecule has 0 saturated carbocycles. The molecule has 0 bridgehead atoms. The van der Waals surface area contributed by atoms with E-state index in [1.165, 1.54) is 4.31 Å². The van der Waals surface area contributed by atoms with E-state index in [-0.39, 0.29) is 11.9 Å². The average Bonchev–Trinajstić information content (AvgIpc) is 2.69. The molecule has 0 aliphatic carbocycles. The van der Waals surface area contributed by atoms with Crippen molar-refractivity contribution in [1.29, 1.82) is 0 Å². The lowest BCUT2D eigenvalue weighted by molar-refractivity contribution is -0.123. The second-order valence-electron chi connectivity index (χ2n) is 7.02. The largest absolute Gasteiger partial charge is 0.496 e. The maximum atomic E-state index is 13.1. The lowest BCUT2D eigenvalue weighted by Crippen LogP contribution is -2.50. The Balaban J connectivity index is 2.32. The van der Waals surface area contributed by atoms with Gasteiger partial charge < -0.3 is 10.1 Å². The van der Waals surface area contributed by atoms with Gasteiger partial charge in [-0.25, -0.2) is 8.42 Å². The van der Waals surface area contributed by atoms with Gasteiger partial charge in [-0.3, -0.25) is 9.10 Å². The third-order valence-electron chi connectivity index (χ3n) is 4.89. The molecule has 0 saturated heterocycles. The number of benzene rings is 2. The van der Waals surface area contributed by atoms with E-state index < -0.39 is 16.1 Å². The van der Waals surface area contributed by atoms with Crippen molar-refractivity contribution in [2.75, 3.05) is 17.7 Å². The van der Waals surface area contributed by atoms with Crippen LogP contribution in [0.15, 0.2) is 48.5 Å². The Bertz CT molecular complexity index is 929. The van der Waals surface area contributed by atoms with E-state index in [0.717, 1.165) is 23.1 Å². The van der Waals surface area contributed by atoms with E-state index in [1.54, 1.807) is 31.4 Å². The fourth-order valence-corrected chi connectivity index (χ4v) is 4.65. The van der Waals surface area contributed by atoms with Crippen molar-refractivity contribution in [1.82, 2.24) is 5.32 Å². The van der Waals surface area contributed by atoms with Crippen LogP contribution in [-0.2, 0) is 14.8 Å². The van der Waals surface area contributed by atoms with Gasteiger partial charge in [-0.1, -0.05) is 44.2 Å². The van der Waals surface area contributed by atoms with Gasteiger partial charge in [0.2, 0.25) is 15.9 Å². The third kappa shape index (κ3) is 5.50. The van der Waals surface area contributed by atoms with Crippen LogP contribution in [0.3, 0.4) is 0 Å². The van der Waals surface area contributed by atoms with Crippen molar-refractivity contribution in [2.24, 2.45) is 0 Å². The van der Waals surface area contributed by atoms with Crippen LogP contribution in [0.25, 0.3) is 0 Å². The first-order valence-electron chi connectivity index (χ1n) is 9.72. The molecule has 2 atom stereocenters. The number of carbonyl (C=O) groups excluding carboxylic acids is 1. The minimum absolute atomic E-state index is 0.224. The molecular weight excluding hydrogens is 388 g/mol. The Labute approximate surface area is 173 Å². The Morgan fingerprint density at radius 1 is 1.10 bits per heavy atom. The molecule has 0 spiro atoms. The molecule has 0 radical (unpaired) electrons. The van der Waals surface area contributed by atoms with Crippen molar-refractivity contribution in [3.8, 4) is 5.75 Å². The van der Waals surface area contributed by atoms with Crippen LogP contribution in [0.5, 0.6) is 5.75 Å². The highest BCUT2D eigenvalue weighted by molar-refractivity contribution is 7.92. The van der Waals surface area contributed by atoms with Crippen LogP contribution in [0.1, 0.15) is 43.9 Å². The molecule has 0 unspecified atom stereocenters. The number of methoxy groups -OCH3 is 1. The zero-order valence-electron chi connectivity index (χ0n) is 17.7. The molecule has 0 aliphatic heterocycles. The number of nitrogens with one attached hydrogen (secondary N) is 1. The number of hydrogen-bond donors (Lipinski definition) is 1. The fourth-order valence-electron chi connectivity index (χ4n) is 3.44. The molecule has 2 rings (SSSR count). The number of nitrogens with zero attached hydrogens (tertiary/aromatic N) is 1. The Kier molecular flexibility index (Phi) is 7.67. The summed E-state index contributed by atoms with van der Waals surface area (Å²) >= 11 is 0. The van der Waals surface area contributed by atoms with Crippen LogP contribution < -0.4 is 14.4 Å². The average molecular weight is 419 g/mol. The Morgan fingerprint density at radius 2 is 1.76 bits per heavy atom. The minimum atomic E-state index is -3.64. The van der Waals surface area contributed by atoms with E-state index in [4.69, 9.17) is 4.74 Å². The van der Waals surface area contributed by atoms with E-state index in [0.29, 0.717) is 18.5 Å². The molecule has 158 valence electrons. The number of aryl methyl sites for hydroxylation is 1. The summed E-state index contributed by atoms with van der Waals surface area (Å²) in [5.41, 5.74) is 2.41. The van der Waals surface area contributed by atoms with Crippen LogP contribution >= 0.6 is 0 Å². The standard InChI is InChI=1S/C22H30N2O4S/c1-6-19(17-13-14-21(28-4)16(3)15-17)23-22(25)20(7-2)24(29(5,26)27)18-11-9-8-10-12-18/h8-15,19-20H,6-7H2,1-5H3,(H,23,25)/t19-,20-/m1/s1. The zero-order valence-corrected chi connectivity index (χ0v) is 18.5. The summed E-state index contributed by atoms with van der Waals surface area (Å²) in [4.78, 5) is 13.1. The Hall–Kier alpha value is -2.54. The lowest BCUT2D eigenvalue weighted by atomic mass is 10.0. The van der Waals surface area contributed by atoms with Crippen molar-refractivity contribution >= 4 is 21.6 Å². The zero-order chi connectivity index (χ0) is 21.6. The molecule has 1 N–H and O–H groups in total. The predicted octanol–water partition coefficient (Wildman–Crippen LogP) is 3.82. The summed E-state index contributed by atoms with van der Waals surface area (Å²) in [5.74, 6) is 0.468. The summed E-state index contributed by atoms with van der Waals surface area (Å²) in [7, 11) is -2.02. The molecule has 0 fully saturated rings. The molecule has 6 nitrogen and oxygen atoms in total. The second-order valence-corrected chi connectivity index (χ2v) is 8.88. The maximum Gasteiger partial charge on any atom is 0.244 e. The number of hydrogen-bond acceptors (Lipinski definition) is 4. The number of rotatable bonds is 9. The lowest BCUT2D eigenvalue weighted by Gasteiger charge is -2.31. The SMILES string of the molecule is CC[C@H](C(=O)N[C@H](CC)c1ccc(OC)c(C)c1)N(c1ccccc1)S(C)(=O)=O. The fraction of sp³-hybridized carbons (Fsp3) is 0.409. The normalized spacial score (nSPS) is 13.4. The van der Waals surface area contributed by atoms with Gasteiger partial charge in [-0.05, 0) is 49.1 Å². The first-order chi connectivity index (χ1) is 13.7. The third-order valence-corrected chi connectivity index (χ3v) is 6.07. The number of carbonyl (C=O) groups is 1. The molecule has 0 heterocycles. The highest BCUT2D eigenvalue weighted by Crippen LogP contribution is 2.26. The summed E-state index contributed by atoms with van der Waals surface area (Å²) in [5, 5.41) is 3.04. The van der Waals surface area contributed by atoms with Gasteiger partial charge in [-0.2, -0.15) is 0 Å². The van der Waals surface area contributed by atoms with Gasteiger partial charge in [0.05, 0.1) is 25.1 Å². The topological polar surface area (TPSA) is 75.7 Å². The van der Waals surface area contributed by atoms with Crippen LogP contribution in [0.2, 0.25) is 0 Å². The number of amides is 1. The van der Waals surface area contributed by atoms with Crippen molar-refractivity contribution in [2.45, 2.75) is 45.7 Å². The predicted molar refractivity (Wildman–Crippen MR) is 117 cm³/mol. The van der Waals surface area contributed by atoms with E-state index in [9.17, 15) is 13.2 Å². The molecular formula is C22H30N2O4S. The summed E-state index contributed by atoms with van der Waals surface area (Å²) in [6.45, 7) is 5.74. The van der Waals surface area contributed by atoms with Gasteiger partial charge >= 0.3 is 0 Å². The molecule has 0 aliphatic rings. The number of anilines is 1. The maximum absolute atomic E-state index is 13.1. The molecule has 7 heteroatoms. The first kappa shape index (κ1) is 22.7. The molecule has 29 heavy (non-hydrogen) atoms. The van der Waals surface area contributed by atoms with Gasteiger partial charge in [0.1, 0.15) is 11.8 Å². The van der Waals surface area contributed by atoms with Gasteiger partial charge in [-0.15, -0.1) is 0 Å². The summed E-state index contributed by atoms with van der Waals surface area (Å²) < 4.78 is 31.5. The highest BCUT2D eigenvalue weighted by atomic mass is 32.2. The molecule has 2 aromatic rings. The van der Waals surface area contributed by atoms with Gasteiger partial charge in [0, 0.05) is 0 Å². The first-order valence-corrected chi connectivity index (χ1v) is 11.6. The van der Waals surface area contributed by atoms with Crippen LogP contribution in [-0.4, -0.2) is 33.7 Å².